The average Bonchev–Trinajstić information content (AvgIpc) is 3.16. The fourth-order valence-electron chi connectivity index (χ4n) is 1.92. The summed E-state index contributed by atoms with van der Waals surface area (Å²) in [6.45, 7) is 2.79. The van der Waals surface area contributed by atoms with Crippen LogP contribution in [-0.2, 0) is 12.3 Å². The van der Waals surface area contributed by atoms with E-state index in [0.29, 0.717) is 11.5 Å². The Labute approximate surface area is 134 Å². The lowest BCUT2D eigenvalue weighted by molar-refractivity contribution is 0.419. The second-order valence-corrected chi connectivity index (χ2v) is 6.30. The van der Waals surface area contributed by atoms with Crippen LogP contribution >= 0.6 is 23.1 Å². The Hall–Kier alpha value is -2.06. The van der Waals surface area contributed by atoms with E-state index in [4.69, 9.17) is 4.42 Å². The lowest BCUT2D eigenvalue weighted by Crippen LogP contribution is -2.01. The van der Waals surface area contributed by atoms with E-state index in [-0.39, 0.29) is 5.75 Å². The molecule has 0 fully saturated rings. The van der Waals surface area contributed by atoms with Crippen LogP contribution in [0.2, 0.25) is 0 Å². The third-order valence-electron chi connectivity index (χ3n) is 2.98. The molecule has 0 aliphatic carbocycles. The molecular formula is C14H13N3O3S2. The number of nitrogens with zero attached hydrogens (tertiary/aromatic N) is 3. The van der Waals surface area contributed by atoms with Crippen LogP contribution in [-0.4, -0.2) is 19.9 Å². The highest BCUT2D eigenvalue weighted by Gasteiger charge is 2.14. The molecule has 3 aromatic heterocycles. The van der Waals surface area contributed by atoms with Crippen molar-refractivity contribution in [3.8, 4) is 16.5 Å². The lowest BCUT2D eigenvalue weighted by Gasteiger charge is -2.05. The number of hydrogen-bond donors (Lipinski definition) is 1. The van der Waals surface area contributed by atoms with E-state index >= 15 is 0 Å². The van der Waals surface area contributed by atoms with Gasteiger partial charge in [-0.05, 0) is 18.4 Å². The first-order chi connectivity index (χ1) is 10.7. The molecule has 6 nitrogen and oxygen atoms in total. The summed E-state index contributed by atoms with van der Waals surface area (Å²) in [5.41, 5.74) is -0.446. The van der Waals surface area contributed by atoms with Gasteiger partial charge in [-0.25, -0.2) is 0 Å². The highest BCUT2D eigenvalue weighted by Crippen LogP contribution is 2.28. The first-order valence-electron chi connectivity index (χ1n) is 6.59. The maximum Gasteiger partial charge on any atom is 0.226 e. The molecule has 0 aromatic carbocycles. The average molecular weight is 335 g/mol. The summed E-state index contributed by atoms with van der Waals surface area (Å²) in [5.74, 6) is 1.38. The normalized spacial score (nSPS) is 11.0. The first-order valence-corrected chi connectivity index (χ1v) is 8.46. The molecule has 0 bridgehead atoms. The molecule has 1 N–H and O–H groups in total. The Kier molecular flexibility index (Phi) is 4.30. The third kappa shape index (κ3) is 2.93. The van der Waals surface area contributed by atoms with Crippen molar-refractivity contribution < 1.29 is 9.52 Å². The first kappa shape index (κ1) is 14.9. The van der Waals surface area contributed by atoms with Crippen molar-refractivity contribution in [1.29, 1.82) is 0 Å². The van der Waals surface area contributed by atoms with Crippen molar-refractivity contribution in [1.82, 2.24) is 14.8 Å². The summed E-state index contributed by atoms with van der Waals surface area (Å²) in [5, 5.41) is 20.4. The van der Waals surface area contributed by atoms with Crippen molar-refractivity contribution in [2.75, 3.05) is 0 Å². The molecule has 0 saturated heterocycles. The number of hydrogen-bond acceptors (Lipinski definition) is 7. The highest BCUT2D eigenvalue weighted by atomic mass is 32.2. The number of aromatic hydroxyl groups is 1. The van der Waals surface area contributed by atoms with Crippen LogP contribution in [0, 0.1) is 0 Å². The highest BCUT2D eigenvalue weighted by molar-refractivity contribution is 7.98. The SMILES string of the molecule is CCn1c(SCc2cc(=O)c(O)co2)nnc1-c1cccs1. The van der Waals surface area contributed by atoms with Crippen LogP contribution in [0.1, 0.15) is 12.7 Å². The van der Waals surface area contributed by atoms with Gasteiger partial charge in [-0.1, -0.05) is 17.8 Å². The number of thiophene rings is 1. The molecule has 0 unspecified atom stereocenters. The Morgan fingerprint density at radius 2 is 2.32 bits per heavy atom. The molecule has 0 radical (unpaired) electrons. The summed E-state index contributed by atoms with van der Waals surface area (Å²) < 4.78 is 7.21. The summed E-state index contributed by atoms with van der Waals surface area (Å²) in [4.78, 5) is 12.4. The molecule has 0 atom stereocenters. The van der Waals surface area contributed by atoms with Gasteiger partial charge >= 0.3 is 0 Å². The molecule has 3 heterocycles. The van der Waals surface area contributed by atoms with Crippen LogP contribution in [0.3, 0.4) is 0 Å². The van der Waals surface area contributed by atoms with Crippen molar-refractivity contribution in [2.45, 2.75) is 24.4 Å². The minimum Gasteiger partial charge on any atom is -0.502 e. The monoisotopic (exact) mass is 335 g/mol. The quantitative estimate of drug-likeness (QED) is 0.722. The molecule has 0 aliphatic heterocycles. The molecule has 114 valence electrons. The fourth-order valence-corrected chi connectivity index (χ4v) is 3.53. The Morgan fingerprint density at radius 1 is 1.45 bits per heavy atom. The topological polar surface area (TPSA) is 81.2 Å². The predicted octanol–water partition coefficient (Wildman–Crippen LogP) is 2.98. The zero-order valence-electron chi connectivity index (χ0n) is 11.7. The van der Waals surface area contributed by atoms with Crippen LogP contribution in [0.15, 0.2) is 44.2 Å². The van der Waals surface area contributed by atoms with Gasteiger partial charge in [-0.15, -0.1) is 21.5 Å². The molecule has 0 aliphatic rings. The van der Waals surface area contributed by atoms with Gasteiger partial charge in [-0.3, -0.25) is 4.79 Å². The zero-order valence-corrected chi connectivity index (χ0v) is 13.4. The maximum absolute atomic E-state index is 11.4. The van der Waals surface area contributed by atoms with Crippen molar-refractivity contribution >= 4 is 23.1 Å². The van der Waals surface area contributed by atoms with Crippen molar-refractivity contribution in [3.05, 3.63) is 45.8 Å². The van der Waals surface area contributed by atoms with E-state index in [2.05, 4.69) is 10.2 Å². The van der Waals surface area contributed by atoms with Gasteiger partial charge in [0.05, 0.1) is 10.6 Å². The van der Waals surface area contributed by atoms with Crippen LogP contribution in [0.5, 0.6) is 5.75 Å². The third-order valence-corrected chi connectivity index (χ3v) is 4.84. The Morgan fingerprint density at radius 3 is 3.00 bits per heavy atom. The van der Waals surface area contributed by atoms with Crippen molar-refractivity contribution in [2.24, 2.45) is 0 Å². The van der Waals surface area contributed by atoms with Gasteiger partial charge in [0.15, 0.2) is 16.7 Å². The number of rotatable bonds is 5. The summed E-state index contributed by atoms with van der Waals surface area (Å²) in [6.07, 6.45) is 1.06. The molecule has 0 spiro atoms. The van der Waals surface area contributed by atoms with E-state index in [1.165, 1.54) is 17.8 Å². The Bertz CT molecular complexity index is 824. The molecule has 0 saturated carbocycles. The number of aromatic nitrogens is 3. The molecule has 0 amide bonds. The van der Waals surface area contributed by atoms with Gasteiger partial charge < -0.3 is 14.1 Å². The van der Waals surface area contributed by atoms with E-state index in [9.17, 15) is 9.90 Å². The molecule has 3 rings (SSSR count). The lowest BCUT2D eigenvalue weighted by atomic mass is 10.4. The standard InChI is InChI=1S/C14H13N3O3S2/c1-2-17-13(12-4-3-5-21-12)15-16-14(17)22-8-9-6-10(18)11(19)7-20-9/h3-7,19H,2,8H2,1H3. The van der Waals surface area contributed by atoms with Gasteiger partial charge in [0.25, 0.3) is 0 Å². The van der Waals surface area contributed by atoms with Gasteiger partial charge in [0.1, 0.15) is 12.0 Å². The molecule has 8 heteroatoms. The van der Waals surface area contributed by atoms with E-state index in [0.717, 1.165) is 28.7 Å². The van der Waals surface area contributed by atoms with Crippen LogP contribution in [0.4, 0.5) is 0 Å². The van der Waals surface area contributed by atoms with Gasteiger partial charge in [0, 0.05) is 12.6 Å². The second-order valence-electron chi connectivity index (χ2n) is 4.41. The smallest absolute Gasteiger partial charge is 0.226 e. The van der Waals surface area contributed by atoms with E-state index in [1.807, 2.05) is 29.0 Å². The molecule has 3 aromatic rings. The second kappa shape index (κ2) is 6.37. The van der Waals surface area contributed by atoms with Crippen LogP contribution < -0.4 is 5.43 Å². The summed E-state index contributed by atoms with van der Waals surface area (Å²) >= 11 is 3.05. The van der Waals surface area contributed by atoms with Gasteiger partial charge in [-0.2, -0.15) is 0 Å². The van der Waals surface area contributed by atoms with Crippen molar-refractivity contribution in [3.63, 3.8) is 0 Å². The van der Waals surface area contributed by atoms with Crippen LogP contribution in [0.25, 0.3) is 10.7 Å². The summed E-state index contributed by atoms with van der Waals surface area (Å²) in [6, 6.07) is 5.27. The number of thioether (sulfide) groups is 1. The Balaban J connectivity index is 1.81. The predicted molar refractivity (Wildman–Crippen MR) is 85.2 cm³/mol. The maximum atomic E-state index is 11.4. The van der Waals surface area contributed by atoms with E-state index < -0.39 is 5.43 Å². The minimum atomic E-state index is -0.446. The fraction of sp³-hybridized carbons (Fsp3) is 0.214. The minimum absolute atomic E-state index is 0.384. The van der Waals surface area contributed by atoms with Gasteiger partial charge in [0.2, 0.25) is 5.43 Å². The zero-order chi connectivity index (χ0) is 15.5. The van der Waals surface area contributed by atoms with E-state index in [1.54, 1.807) is 11.3 Å². The summed E-state index contributed by atoms with van der Waals surface area (Å²) in [7, 11) is 0. The largest absolute Gasteiger partial charge is 0.502 e. The molecular weight excluding hydrogens is 322 g/mol. The molecule has 22 heavy (non-hydrogen) atoms.